The molecule has 1 fully saturated rings. The standard InChI is InChI=1S/C17H28N2/c1-13-8-14(2)11-19(10-13)12-15-6-7-16(18-9-15)17(3,4)5/h6-7,9,13-14H,8,10-12H2,1-5H3. The van der Waals surface area contributed by atoms with Gasteiger partial charge in [0.15, 0.2) is 0 Å². The van der Waals surface area contributed by atoms with Gasteiger partial charge in [-0.3, -0.25) is 9.88 Å². The molecule has 0 spiro atoms. The molecule has 0 aromatic carbocycles. The van der Waals surface area contributed by atoms with Crippen LogP contribution >= 0.6 is 0 Å². The van der Waals surface area contributed by atoms with Crippen LogP contribution in [-0.2, 0) is 12.0 Å². The lowest BCUT2D eigenvalue weighted by atomic mass is 9.91. The molecule has 1 aliphatic heterocycles. The fourth-order valence-electron chi connectivity index (χ4n) is 3.14. The van der Waals surface area contributed by atoms with E-state index in [2.05, 4.69) is 62.8 Å². The first kappa shape index (κ1) is 14.5. The summed E-state index contributed by atoms with van der Waals surface area (Å²) in [5.41, 5.74) is 2.66. The molecule has 1 aliphatic rings. The van der Waals surface area contributed by atoms with E-state index in [1.165, 1.54) is 30.8 Å². The van der Waals surface area contributed by atoms with E-state index in [1.807, 2.05) is 0 Å². The van der Waals surface area contributed by atoms with Gasteiger partial charge in [0.05, 0.1) is 0 Å². The maximum absolute atomic E-state index is 4.63. The van der Waals surface area contributed by atoms with Crippen LogP contribution in [0.2, 0.25) is 0 Å². The molecule has 2 nitrogen and oxygen atoms in total. The number of hydrogen-bond acceptors (Lipinski definition) is 2. The lowest BCUT2D eigenvalue weighted by Crippen LogP contribution is -2.38. The molecule has 0 saturated carbocycles. The average Bonchev–Trinajstić information content (AvgIpc) is 2.26. The molecule has 1 aromatic heterocycles. The van der Waals surface area contributed by atoms with Gasteiger partial charge in [-0.05, 0) is 29.9 Å². The van der Waals surface area contributed by atoms with Gasteiger partial charge < -0.3 is 0 Å². The van der Waals surface area contributed by atoms with E-state index in [4.69, 9.17) is 0 Å². The maximum Gasteiger partial charge on any atom is 0.0457 e. The zero-order valence-corrected chi connectivity index (χ0v) is 13.1. The van der Waals surface area contributed by atoms with Crippen LogP contribution in [0.3, 0.4) is 0 Å². The van der Waals surface area contributed by atoms with E-state index in [0.29, 0.717) is 0 Å². The summed E-state index contributed by atoms with van der Waals surface area (Å²) in [6.45, 7) is 14.9. The first-order chi connectivity index (χ1) is 8.84. The molecule has 0 bridgehead atoms. The highest BCUT2D eigenvalue weighted by Gasteiger charge is 2.22. The van der Waals surface area contributed by atoms with Crippen LogP contribution in [0.25, 0.3) is 0 Å². The molecule has 0 aliphatic carbocycles. The highest BCUT2D eigenvalue weighted by Crippen LogP contribution is 2.23. The van der Waals surface area contributed by atoms with E-state index in [1.54, 1.807) is 0 Å². The van der Waals surface area contributed by atoms with E-state index >= 15 is 0 Å². The highest BCUT2D eigenvalue weighted by atomic mass is 15.1. The summed E-state index contributed by atoms with van der Waals surface area (Å²) in [5.74, 6) is 1.65. The van der Waals surface area contributed by atoms with Gasteiger partial charge in [-0.2, -0.15) is 0 Å². The van der Waals surface area contributed by atoms with Crippen molar-refractivity contribution in [2.24, 2.45) is 11.8 Å². The Labute approximate surface area is 118 Å². The van der Waals surface area contributed by atoms with Crippen LogP contribution in [0.15, 0.2) is 18.3 Å². The van der Waals surface area contributed by atoms with Gasteiger partial charge in [-0.15, -0.1) is 0 Å². The zero-order valence-electron chi connectivity index (χ0n) is 13.1. The van der Waals surface area contributed by atoms with E-state index in [0.717, 1.165) is 18.4 Å². The van der Waals surface area contributed by atoms with Crippen molar-refractivity contribution in [3.8, 4) is 0 Å². The Morgan fingerprint density at radius 1 is 1.16 bits per heavy atom. The number of likely N-dealkylation sites (tertiary alicyclic amines) is 1. The van der Waals surface area contributed by atoms with Crippen molar-refractivity contribution in [1.82, 2.24) is 9.88 Å². The summed E-state index contributed by atoms with van der Waals surface area (Å²) in [6.07, 6.45) is 3.43. The number of nitrogens with zero attached hydrogens (tertiary/aromatic N) is 2. The second kappa shape index (κ2) is 5.62. The molecule has 2 atom stereocenters. The van der Waals surface area contributed by atoms with Crippen LogP contribution in [0.1, 0.15) is 52.3 Å². The van der Waals surface area contributed by atoms with Crippen molar-refractivity contribution in [3.63, 3.8) is 0 Å². The Morgan fingerprint density at radius 3 is 2.26 bits per heavy atom. The molecule has 0 N–H and O–H groups in total. The third-order valence-electron chi connectivity index (χ3n) is 3.94. The van der Waals surface area contributed by atoms with Gasteiger partial charge in [-0.1, -0.05) is 40.7 Å². The monoisotopic (exact) mass is 260 g/mol. The van der Waals surface area contributed by atoms with Crippen LogP contribution in [0, 0.1) is 11.8 Å². The molecule has 19 heavy (non-hydrogen) atoms. The van der Waals surface area contributed by atoms with Crippen molar-refractivity contribution in [1.29, 1.82) is 0 Å². The van der Waals surface area contributed by atoms with Crippen molar-refractivity contribution in [2.75, 3.05) is 13.1 Å². The fourth-order valence-corrected chi connectivity index (χ4v) is 3.14. The van der Waals surface area contributed by atoms with Crippen LogP contribution in [0.5, 0.6) is 0 Å². The summed E-state index contributed by atoms with van der Waals surface area (Å²) in [7, 11) is 0. The molecule has 106 valence electrons. The predicted octanol–water partition coefficient (Wildman–Crippen LogP) is 3.86. The Balaban J connectivity index is 1.99. The zero-order chi connectivity index (χ0) is 14.0. The molecule has 2 unspecified atom stereocenters. The average molecular weight is 260 g/mol. The first-order valence-corrected chi connectivity index (χ1v) is 7.52. The van der Waals surface area contributed by atoms with Crippen LogP contribution in [-0.4, -0.2) is 23.0 Å². The van der Waals surface area contributed by atoms with E-state index < -0.39 is 0 Å². The third-order valence-corrected chi connectivity index (χ3v) is 3.94. The third kappa shape index (κ3) is 4.04. The quantitative estimate of drug-likeness (QED) is 0.803. The highest BCUT2D eigenvalue weighted by molar-refractivity contribution is 5.19. The van der Waals surface area contributed by atoms with E-state index in [9.17, 15) is 0 Å². The van der Waals surface area contributed by atoms with Gasteiger partial charge >= 0.3 is 0 Å². The minimum Gasteiger partial charge on any atom is -0.298 e. The Bertz CT molecular complexity index is 392. The van der Waals surface area contributed by atoms with Crippen molar-refractivity contribution in [2.45, 2.75) is 53.0 Å². The first-order valence-electron chi connectivity index (χ1n) is 7.52. The summed E-state index contributed by atoms with van der Waals surface area (Å²) < 4.78 is 0. The van der Waals surface area contributed by atoms with Gasteiger partial charge in [0, 0.05) is 36.9 Å². The number of hydrogen-bond donors (Lipinski definition) is 0. The molecular formula is C17H28N2. The van der Waals surface area contributed by atoms with Gasteiger partial charge in [0.2, 0.25) is 0 Å². The van der Waals surface area contributed by atoms with Gasteiger partial charge in [0.1, 0.15) is 0 Å². The number of aromatic nitrogens is 1. The summed E-state index contributed by atoms with van der Waals surface area (Å²) in [5, 5.41) is 0. The molecule has 1 saturated heterocycles. The minimum absolute atomic E-state index is 0.146. The second-order valence-electron chi connectivity index (χ2n) is 7.44. The van der Waals surface area contributed by atoms with E-state index in [-0.39, 0.29) is 5.41 Å². The van der Waals surface area contributed by atoms with Gasteiger partial charge in [0.25, 0.3) is 0 Å². The SMILES string of the molecule is CC1CC(C)CN(Cc2ccc(C(C)(C)C)nc2)C1. The molecule has 0 radical (unpaired) electrons. The molecule has 2 heterocycles. The molecule has 0 amide bonds. The lowest BCUT2D eigenvalue weighted by molar-refractivity contribution is 0.134. The number of rotatable bonds is 2. The second-order valence-corrected chi connectivity index (χ2v) is 7.44. The molecular weight excluding hydrogens is 232 g/mol. The van der Waals surface area contributed by atoms with Crippen molar-refractivity contribution >= 4 is 0 Å². The topological polar surface area (TPSA) is 16.1 Å². The number of piperidine rings is 1. The minimum atomic E-state index is 0.146. The Morgan fingerprint density at radius 2 is 1.79 bits per heavy atom. The smallest absolute Gasteiger partial charge is 0.0457 e. The van der Waals surface area contributed by atoms with Gasteiger partial charge in [-0.25, -0.2) is 0 Å². The number of pyridine rings is 1. The molecule has 1 aromatic rings. The molecule has 2 rings (SSSR count). The predicted molar refractivity (Wildman–Crippen MR) is 81.2 cm³/mol. The van der Waals surface area contributed by atoms with Crippen LogP contribution < -0.4 is 0 Å². The lowest BCUT2D eigenvalue weighted by Gasteiger charge is -2.35. The maximum atomic E-state index is 4.63. The fraction of sp³-hybridized carbons (Fsp3) is 0.706. The largest absolute Gasteiger partial charge is 0.298 e. The van der Waals surface area contributed by atoms with Crippen molar-refractivity contribution in [3.05, 3.63) is 29.6 Å². The van der Waals surface area contributed by atoms with Crippen LogP contribution in [0.4, 0.5) is 0 Å². The Kier molecular flexibility index (Phi) is 4.29. The summed E-state index contributed by atoms with van der Waals surface area (Å²) in [6, 6.07) is 4.43. The normalized spacial score (nSPS) is 25.5. The summed E-state index contributed by atoms with van der Waals surface area (Å²) >= 11 is 0. The Hall–Kier alpha value is -0.890. The van der Waals surface area contributed by atoms with Crippen molar-refractivity contribution < 1.29 is 0 Å². The molecule has 2 heteroatoms. The summed E-state index contributed by atoms with van der Waals surface area (Å²) in [4.78, 5) is 7.20.